The molecule has 1 aliphatic rings. The molecule has 74 valence electrons. The van der Waals surface area contributed by atoms with Crippen LogP contribution in [0, 0.1) is 18.3 Å². The molecule has 2 heteroatoms. The van der Waals surface area contributed by atoms with Gasteiger partial charge >= 0.3 is 0 Å². The first-order chi connectivity index (χ1) is 6.20. The largest absolute Gasteiger partial charge is 0.329 e. The predicted octanol–water partition coefficient (Wildman–Crippen LogP) is 1.12. The summed E-state index contributed by atoms with van der Waals surface area (Å²) in [6, 6.07) is 0. The Kier molecular flexibility index (Phi) is 3.77. The van der Waals surface area contributed by atoms with Crippen molar-refractivity contribution in [1.82, 2.24) is 5.32 Å². The average molecular weight is 180 g/mol. The monoisotopic (exact) mass is 180 g/mol. The minimum Gasteiger partial charge on any atom is -0.329 e. The first-order valence-electron chi connectivity index (χ1n) is 5.09. The normalized spacial score (nSPS) is 20.7. The van der Waals surface area contributed by atoms with E-state index in [1.54, 1.807) is 0 Å². The van der Waals surface area contributed by atoms with Crippen LogP contribution in [0.5, 0.6) is 0 Å². The molecule has 1 aliphatic carbocycles. The third-order valence-electron chi connectivity index (χ3n) is 2.71. The van der Waals surface area contributed by atoms with Gasteiger partial charge in [0.15, 0.2) is 0 Å². The van der Waals surface area contributed by atoms with E-state index in [1.807, 2.05) is 0 Å². The van der Waals surface area contributed by atoms with Crippen molar-refractivity contribution in [3.05, 3.63) is 0 Å². The molecule has 1 rings (SSSR count). The van der Waals surface area contributed by atoms with Crippen LogP contribution in [-0.2, 0) is 0 Å². The minimum absolute atomic E-state index is 0.109. The lowest BCUT2D eigenvalue weighted by Crippen LogP contribution is -2.49. The van der Waals surface area contributed by atoms with E-state index in [9.17, 15) is 0 Å². The molecule has 1 atom stereocenters. The molecule has 0 heterocycles. The quantitative estimate of drug-likeness (QED) is 0.475. The maximum absolute atomic E-state index is 5.75. The van der Waals surface area contributed by atoms with Gasteiger partial charge in [0.2, 0.25) is 0 Å². The highest BCUT2D eigenvalue weighted by Gasteiger charge is 2.31. The molecule has 2 nitrogen and oxygen atoms in total. The second-order valence-electron chi connectivity index (χ2n) is 4.29. The summed E-state index contributed by atoms with van der Waals surface area (Å²) in [7, 11) is 0. The maximum atomic E-state index is 5.75. The van der Waals surface area contributed by atoms with Crippen molar-refractivity contribution in [1.29, 1.82) is 0 Å². The molecule has 0 aromatic rings. The van der Waals surface area contributed by atoms with Gasteiger partial charge in [-0.05, 0) is 19.3 Å². The summed E-state index contributed by atoms with van der Waals surface area (Å²) >= 11 is 0. The summed E-state index contributed by atoms with van der Waals surface area (Å²) in [4.78, 5) is 0. The van der Waals surface area contributed by atoms with Gasteiger partial charge in [-0.25, -0.2) is 0 Å². The van der Waals surface area contributed by atoms with E-state index in [0.717, 1.165) is 18.9 Å². The Morgan fingerprint density at radius 1 is 1.62 bits per heavy atom. The molecule has 1 unspecified atom stereocenters. The van der Waals surface area contributed by atoms with Crippen LogP contribution in [0.3, 0.4) is 0 Å². The van der Waals surface area contributed by atoms with Crippen molar-refractivity contribution in [3.63, 3.8) is 0 Å². The van der Waals surface area contributed by atoms with Gasteiger partial charge in [0.05, 0.1) is 0 Å². The lowest BCUT2D eigenvalue weighted by Gasteiger charge is -2.29. The molecule has 0 amide bonds. The van der Waals surface area contributed by atoms with E-state index in [1.165, 1.54) is 19.3 Å². The first-order valence-corrected chi connectivity index (χ1v) is 5.09. The number of nitrogens with one attached hydrogen (secondary N) is 1. The Balaban J connectivity index is 2.25. The van der Waals surface area contributed by atoms with E-state index in [-0.39, 0.29) is 5.54 Å². The molecular formula is C11H20N2. The van der Waals surface area contributed by atoms with Crippen molar-refractivity contribution < 1.29 is 0 Å². The number of rotatable bonds is 6. The van der Waals surface area contributed by atoms with E-state index in [4.69, 9.17) is 12.2 Å². The summed E-state index contributed by atoms with van der Waals surface area (Å²) in [5, 5.41) is 3.45. The summed E-state index contributed by atoms with van der Waals surface area (Å²) in [5.74, 6) is 3.54. The second kappa shape index (κ2) is 4.64. The molecule has 0 aliphatic heterocycles. The fourth-order valence-corrected chi connectivity index (χ4v) is 1.62. The van der Waals surface area contributed by atoms with Gasteiger partial charge in [-0.3, -0.25) is 0 Å². The van der Waals surface area contributed by atoms with E-state index in [0.29, 0.717) is 6.54 Å². The minimum atomic E-state index is 0.109. The van der Waals surface area contributed by atoms with Crippen LogP contribution in [-0.4, -0.2) is 18.6 Å². The van der Waals surface area contributed by atoms with Gasteiger partial charge in [-0.15, -0.1) is 12.3 Å². The smallest absolute Gasteiger partial charge is 0.0278 e. The molecule has 0 saturated heterocycles. The Bertz CT molecular complexity index is 191. The van der Waals surface area contributed by atoms with Crippen LogP contribution in [0.15, 0.2) is 0 Å². The average Bonchev–Trinajstić information content (AvgIpc) is 2.89. The van der Waals surface area contributed by atoms with Crippen LogP contribution < -0.4 is 11.1 Å². The Morgan fingerprint density at radius 3 is 2.77 bits per heavy atom. The van der Waals surface area contributed by atoms with Crippen LogP contribution >= 0.6 is 0 Å². The Morgan fingerprint density at radius 2 is 2.31 bits per heavy atom. The zero-order valence-electron chi connectivity index (χ0n) is 8.47. The van der Waals surface area contributed by atoms with Gasteiger partial charge in [0.1, 0.15) is 0 Å². The maximum Gasteiger partial charge on any atom is 0.0278 e. The van der Waals surface area contributed by atoms with E-state index < -0.39 is 0 Å². The molecular weight excluding hydrogens is 160 g/mol. The summed E-state index contributed by atoms with van der Waals surface area (Å²) in [6.07, 6.45) is 9.95. The zero-order valence-corrected chi connectivity index (χ0v) is 8.47. The van der Waals surface area contributed by atoms with Crippen molar-refractivity contribution in [2.24, 2.45) is 11.7 Å². The molecule has 0 aromatic heterocycles. The van der Waals surface area contributed by atoms with Crippen molar-refractivity contribution in [2.45, 2.75) is 38.1 Å². The van der Waals surface area contributed by atoms with Gasteiger partial charge in [-0.1, -0.05) is 12.8 Å². The third kappa shape index (κ3) is 3.80. The highest BCUT2D eigenvalue weighted by atomic mass is 15.0. The fraction of sp³-hybridized carbons (Fsp3) is 0.818. The molecule has 0 radical (unpaired) electrons. The fourth-order valence-electron chi connectivity index (χ4n) is 1.62. The van der Waals surface area contributed by atoms with Gasteiger partial charge in [0, 0.05) is 25.0 Å². The van der Waals surface area contributed by atoms with E-state index in [2.05, 4.69) is 18.2 Å². The highest BCUT2D eigenvalue weighted by Crippen LogP contribution is 2.36. The second-order valence-corrected chi connectivity index (χ2v) is 4.29. The first kappa shape index (κ1) is 10.6. The van der Waals surface area contributed by atoms with Crippen LogP contribution in [0.2, 0.25) is 0 Å². The molecule has 0 bridgehead atoms. The van der Waals surface area contributed by atoms with Crippen LogP contribution in [0.1, 0.15) is 32.6 Å². The molecule has 13 heavy (non-hydrogen) atoms. The van der Waals surface area contributed by atoms with Crippen molar-refractivity contribution in [2.75, 3.05) is 13.1 Å². The number of hydrogen-bond donors (Lipinski definition) is 2. The highest BCUT2D eigenvalue weighted by molar-refractivity contribution is 4.92. The Labute approximate surface area is 81.3 Å². The lowest BCUT2D eigenvalue weighted by atomic mass is 9.95. The van der Waals surface area contributed by atoms with Crippen LogP contribution in [0.25, 0.3) is 0 Å². The van der Waals surface area contributed by atoms with Crippen molar-refractivity contribution >= 4 is 0 Å². The summed E-state index contributed by atoms with van der Waals surface area (Å²) in [5.41, 5.74) is 5.86. The molecule has 1 saturated carbocycles. The topological polar surface area (TPSA) is 38.0 Å². The zero-order chi connectivity index (χ0) is 9.73. The number of terminal acetylenes is 1. The Hall–Kier alpha value is -0.520. The lowest BCUT2D eigenvalue weighted by molar-refractivity contribution is 0.327. The number of nitrogens with two attached hydrogens (primary N) is 1. The van der Waals surface area contributed by atoms with Crippen LogP contribution in [0.4, 0.5) is 0 Å². The standard InChI is InChI=1S/C11H20N2/c1-3-4-7-13-11(2,9-12)8-10-5-6-10/h1,10,13H,4-9,12H2,2H3. The van der Waals surface area contributed by atoms with Gasteiger partial charge in [-0.2, -0.15) is 0 Å². The summed E-state index contributed by atoms with van der Waals surface area (Å²) in [6.45, 7) is 3.78. The van der Waals surface area contributed by atoms with Crippen molar-refractivity contribution in [3.8, 4) is 12.3 Å². The SMILES string of the molecule is C#CCCNC(C)(CN)CC1CC1. The predicted molar refractivity (Wildman–Crippen MR) is 56.3 cm³/mol. The van der Waals surface area contributed by atoms with Gasteiger partial charge < -0.3 is 11.1 Å². The summed E-state index contributed by atoms with van der Waals surface area (Å²) < 4.78 is 0. The molecule has 0 spiro atoms. The molecule has 0 aromatic carbocycles. The molecule has 1 fully saturated rings. The van der Waals surface area contributed by atoms with Gasteiger partial charge in [0.25, 0.3) is 0 Å². The number of hydrogen-bond acceptors (Lipinski definition) is 2. The third-order valence-corrected chi connectivity index (χ3v) is 2.71. The molecule has 3 N–H and O–H groups in total. The van der Waals surface area contributed by atoms with E-state index >= 15 is 0 Å².